The van der Waals surface area contributed by atoms with E-state index in [2.05, 4.69) is 9.97 Å². The van der Waals surface area contributed by atoms with Crippen molar-refractivity contribution in [3.63, 3.8) is 0 Å². The summed E-state index contributed by atoms with van der Waals surface area (Å²) in [6.07, 6.45) is 5.30. The lowest BCUT2D eigenvalue weighted by molar-refractivity contribution is -0.129. The molecule has 3 aromatic rings. The van der Waals surface area contributed by atoms with E-state index < -0.39 is 0 Å². The number of benzene rings is 1. The van der Waals surface area contributed by atoms with Crippen LogP contribution >= 0.6 is 0 Å². The van der Waals surface area contributed by atoms with E-state index in [0.717, 1.165) is 22.3 Å². The van der Waals surface area contributed by atoms with Crippen LogP contribution in [-0.2, 0) is 11.3 Å². The van der Waals surface area contributed by atoms with Crippen LogP contribution in [-0.4, -0.2) is 39.4 Å². The zero-order valence-corrected chi connectivity index (χ0v) is 12.0. The molecule has 5 nitrogen and oxygen atoms in total. The maximum Gasteiger partial charge on any atom is 0.242 e. The third kappa shape index (κ3) is 2.63. The van der Waals surface area contributed by atoms with Gasteiger partial charge in [0.1, 0.15) is 12.4 Å². The molecular weight excluding hydrogens is 264 g/mol. The molecule has 0 radical (unpaired) electrons. The molecule has 5 heteroatoms. The Morgan fingerprint density at radius 3 is 2.86 bits per heavy atom. The van der Waals surface area contributed by atoms with E-state index in [1.807, 2.05) is 41.1 Å². The molecule has 0 aliphatic rings. The fourth-order valence-electron chi connectivity index (χ4n) is 2.19. The Morgan fingerprint density at radius 2 is 2.05 bits per heavy atom. The van der Waals surface area contributed by atoms with E-state index in [1.165, 1.54) is 0 Å². The zero-order chi connectivity index (χ0) is 14.8. The molecule has 2 heterocycles. The summed E-state index contributed by atoms with van der Waals surface area (Å²) in [5.41, 5.74) is 1.88. The molecule has 0 N–H and O–H groups in total. The fourth-order valence-corrected chi connectivity index (χ4v) is 2.19. The van der Waals surface area contributed by atoms with E-state index in [4.69, 9.17) is 0 Å². The van der Waals surface area contributed by atoms with Crippen molar-refractivity contribution in [1.82, 2.24) is 19.4 Å². The lowest BCUT2D eigenvalue weighted by Gasteiger charge is -2.12. The zero-order valence-electron chi connectivity index (χ0n) is 12.0. The van der Waals surface area contributed by atoms with E-state index in [-0.39, 0.29) is 12.5 Å². The van der Waals surface area contributed by atoms with Crippen LogP contribution < -0.4 is 0 Å². The first-order valence-electron chi connectivity index (χ1n) is 6.71. The van der Waals surface area contributed by atoms with Gasteiger partial charge in [-0.05, 0) is 12.1 Å². The van der Waals surface area contributed by atoms with Crippen molar-refractivity contribution in [2.45, 2.75) is 6.54 Å². The van der Waals surface area contributed by atoms with Gasteiger partial charge in [0.15, 0.2) is 0 Å². The van der Waals surface area contributed by atoms with Gasteiger partial charge in [-0.25, -0.2) is 4.98 Å². The first kappa shape index (κ1) is 13.3. The number of nitrogens with zero attached hydrogens (tertiary/aromatic N) is 4. The number of hydrogen-bond acceptors (Lipinski definition) is 3. The maximum absolute atomic E-state index is 11.9. The molecule has 3 rings (SSSR count). The normalized spacial score (nSPS) is 10.8. The van der Waals surface area contributed by atoms with Gasteiger partial charge in [0.05, 0.1) is 5.52 Å². The lowest BCUT2D eigenvalue weighted by Crippen LogP contribution is -2.26. The Labute approximate surface area is 122 Å². The molecule has 0 bridgehead atoms. The van der Waals surface area contributed by atoms with Crippen LogP contribution in [0.3, 0.4) is 0 Å². The maximum atomic E-state index is 11.9. The third-order valence-corrected chi connectivity index (χ3v) is 3.38. The number of likely N-dealkylation sites (N-methyl/N-ethyl adjacent to an activating group) is 1. The minimum Gasteiger partial charge on any atom is -0.347 e. The molecule has 0 spiro atoms. The first-order chi connectivity index (χ1) is 10.1. The highest BCUT2D eigenvalue weighted by atomic mass is 16.2. The Hall–Kier alpha value is -2.69. The highest BCUT2D eigenvalue weighted by molar-refractivity contribution is 5.83. The van der Waals surface area contributed by atoms with Crippen molar-refractivity contribution in [1.29, 1.82) is 0 Å². The van der Waals surface area contributed by atoms with Crippen molar-refractivity contribution < 1.29 is 4.79 Å². The number of fused-ring (bicyclic) bond motifs is 1. The van der Waals surface area contributed by atoms with Gasteiger partial charge in [0.25, 0.3) is 0 Å². The number of pyridine rings is 1. The van der Waals surface area contributed by atoms with Crippen LogP contribution in [0, 0.1) is 0 Å². The van der Waals surface area contributed by atoms with Gasteiger partial charge >= 0.3 is 0 Å². The highest BCUT2D eigenvalue weighted by Gasteiger charge is 2.11. The van der Waals surface area contributed by atoms with Crippen molar-refractivity contribution in [3.8, 4) is 11.4 Å². The number of carbonyl (C=O) groups is 1. The van der Waals surface area contributed by atoms with Crippen molar-refractivity contribution in [2.75, 3.05) is 14.1 Å². The van der Waals surface area contributed by atoms with E-state index in [0.29, 0.717) is 0 Å². The molecule has 0 saturated heterocycles. The van der Waals surface area contributed by atoms with E-state index in [1.54, 1.807) is 31.4 Å². The van der Waals surface area contributed by atoms with Crippen LogP contribution in [0.5, 0.6) is 0 Å². The molecule has 21 heavy (non-hydrogen) atoms. The molecule has 0 aliphatic heterocycles. The Morgan fingerprint density at radius 1 is 1.19 bits per heavy atom. The average Bonchev–Trinajstić information content (AvgIpc) is 2.94. The number of carbonyl (C=O) groups excluding carboxylic acids is 1. The second kappa shape index (κ2) is 5.36. The molecule has 0 atom stereocenters. The molecule has 0 saturated carbocycles. The van der Waals surface area contributed by atoms with Gasteiger partial charge in [0.2, 0.25) is 5.91 Å². The summed E-state index contributed by atoms with van der Waals surface area (Å²) >= 11 is 0. The summed E-state index contributed by atoms with van der Waals surface area (Å²) in [7, 11) is 3.50. The van der Waals surface area contributed by atoms with E-state index in [9.17, 15) is 4.79 Å². The predicted molar refractivity (Wildman–Crippen MR) is 81.7 cm³/mol. The highest BCUT2D eigenvalue weighted by Crippen LogP contribution is 2.22. The van der Waals surface area contributed by atoms with Crippen LogP contribution in [0.25, 0.3) is 22.3 Å². The van der Waals surface area contributed by atoms with Crippen LogP contribution in [0.4, 0.5) is 0 Å². The van der Waals surface area contributed by atoms with Gasteiger partial charge in [-0.15, -0.1) is 0 Å². The molecular formula is C16H16N4O. The molecule has 2 aromatic heterocycles. The molecule has 1 amide bonds. The van der Waals surface area contributed by atoms with Crippen molar-refractivity contribution in [2.24, 2.45) is 0 Å². The fraction of sp³-hybridized carbons (Fsp3) is 0.188. The van der Waals surface area contributed by atoms with Crippen molar-refractivity contribution >= 4 is 16.8 Å². The largest absolute Gasteiger partial charge is 0.347 e. The molecule has 0 aliphatic carbocycles. The Balaban J connectivity index is 1.99. The first-order valence-corrected chi connectivity index (χ1v) is 6.71. The monoisotopic (exact) mass is 280 g/mol. The molecule has 1 aromatic carbocycles. The smallest absolute Gasteiger partial charge is 0.242 e. The van der Waals surface area contributed by atoms with Crippen LogP contribution in [0.2, 0.25) is 0 Å². The van der Waals surface area contributed by atoms with Gasteiger partial charge in [-0.2, -0.15) is 0 Å². The summed E-state index contributed by atoms with van der Waals surface area (Å²) in [6.45, 7) is 0.280. The van der Waals surface area contributed by atoms with Crippen LogP contribution in [0.1, 0.15) is 0 Å². The lowest BCUT2D eigenvalue weighted by atomic mass is 10.1. The van der Waals surface area contributed by atoms with Gasteiger partial charge in [0, 0.05) is 43.6 Å². The van der Waals surface area contributed by atoms with Gasteiger partial charge in [-0.1, -0.05) is 18.2 Å². The number of hydrogen-bond donors (Lipinski definition) is 0. The Kier molecular flexibility index (Phi) is 3.39. The Bertz CT molecular complexity index is 792. The number of imidazole rings is 1. The second-order valence-electron chi connectivity index (χ2n) is 5.08. The number of aromatic nitrogens is 3. The van der Waals surface area contributed by atoms with Crippen molar-refractivity contribution in [3.05, 3.63) is 48.9 Å². The summed E-state index contributed by atoms with van der Waals surface area (Å²) in [5, 5.41) is 1.09. The molecule has 0 fully saturated rings. The summed E-state index contributed by atoms with van der Waals surface area (Å²) in [6, 6.07) is 9.95. The van der Waals surface area contributed by atoms with Gasteiger partial charge in [-0.3, -0.25) is 9.78 Å². The molecule has 0 unspecified atom stereocenters. The summed E-state index contributed by atoms with van der Waals surface area (Å²) in [5.74, 6) is 0.811. The minimum atomic E-state index is 0.0353. The second-order valence-corrected chi connectivity index (χ2v) is 5.08. The third-order valence-electron chi connectivity index (χ3n) is 3.38. The SMILES string of the molecule is CN(C)C(=O)Cn1ccnc1-c1ccc2cccnc2c1. The molecule has 106 valence electrons. The average molecular weight is 280 g/mol. The van der Waals surface area contributed by atoms with Gasteiger partial charge < -0.3 is 9.47 Å². The van der Waals surface area contributed by atoms with Crippen LogP contribution in [0.15, 0.2) is 48.9 Å². The standard InChI is InChI=1S/C16H16N4O/c1-19(2)15(21)11-20-9-8-18-16(20)13-6-5-12-4-3-7-17-14(12)10-13/h3-10H,11H2,1-2H3. The summed E-state index contributed by atoms with van der Waals surface area (Å²) in [4.78, 5) is 22.2. The predicted octanol–water partition coefficient (Wildman–Crippen LogP) is 2.19. The number of amides is 1. The topological polar surface area (TPSA) is 51.0 Å². The number of rotatable bonds is 3. The minimum absolute atomic E-state index is 0.0353. The van der Waals surface area contributed by atoms with E-state index >= 15 is 0 Å². The summed E-state index contributed by atoms with van der Waals surface area (Å²) < 4.78 is 1.85. The quantitative estimate of drug-likeness (QED) is 0.739.